The molecule has 0 saturated carbocycles. The van der Waals surface area contributed by atoms with E-state index in [-0.39, 0.29) is 25.9 Å². The molecular weight excluding hydrogens is 973 g/mol. The van der Waals surface area contributed by atoms with Gasteiger partial charge in [-0.1, -0.05) is 221 Å². The molecule has 3 N–H and O–H groups in total. The van der Waals surface area contributed by atoms with Crippen LogP contribution in [0.4, 0.5) is 0 Å². The maximum atomic E-state index is 13.1. The molecule has 1 aliphatic rings. The van der Waals surface area contributed by atoms with Gasteiger partial charge in [-0.05, 0) is 96.3 Å². The summed E-state index contributed by atoms with van der Waals surface area (Å²) in [4.78, 5) is 51.2. The first kappa shape index (κ1) is 70.9. The molecule has 12 nitrogen and oxygen atoms in total. The second-order valence-corrected chi connectivity index (χ2v) is 20.6. The molecule has 1 rings (SSSR count). The fraction of sp³-hybridized carbons (Fsp3) is 0.723. The standard InChI is InChI=1S/C65H108O12/c1-4-7-10-13-16-19-22-25-27-28-29-30-32-34-36-39-42-45-48-51-57(66)73-54-56(75-58(67)52-49-46-43-40-38-35-31-26-23-20-17-14-11-8-5-2)55-74-65-63(61(70)60(69)62(77-65)64(71)72)76-59(68)53-50-47-44-41-37-33-24-21-18-15-12-9-6-3/h8,11,16-17,19-20,25-27,29-31,38,40,56,60-63,65,69-70H,4-7,9-10,12-15,18,21-24,28,32-37,39,41-55H2,1-3H3,(H,71,72)/b11-8-,19-16-,20-17-,27-25-,30-29-,31-26-,40-38-. The van der Waals surface area contributed by atoms with E-state index in [4.69, 9.17) is 23.7 Å². The average molecular weight is 1080 g/mol. The van der Waals surface area contributed by atoms with Gasteiger partial charge in [-0.3, -0.25) is 14.4 Å². The van der Waals surface area contributed by atoms with E-state index in [0.717, 1.165) is 116 Å². The fourth-order valence-electron chi connectivity index (χ4n) is 8.78. The molecule has 0 aromatic carbocycles. The van der Waals surface area contributed by atoms with Crippen LogP contribution in [0.25, 0.3) is 0 Å². The fourth-order valence-corrected chi connectivity index (χ4v) is 8.78. The quantitative estimate of drug-likeness (QED) is 0.0228. The molecule has 6 atom stereocenters. The number of esters is 3. The van der Waals surface area contributed by atoms with Crippen LogP contribution in [0, 0.1) is 0 Å². The largest absolute Gasteiger partial charge is 0.479 e. The van der Waals surface area contributed by atoms with Crippen LogP contribution in [0.15, 0.2) is 85.1 Å². The predicted molar refractivity (Wildman–Crippen MR) is 312 cm³/mol. The SMILES string of the molecule is CC/C=C\C/C=C\C/C=C\C/C=C\CCCCC(=O)OC(COC(=O)CCCCCCCC/C=C\C/C=C\C/C=C\CCCCC)COC1OC(C(=O)O)C(O)C(O)C1OC(=O)CCCCCCCCCCCCCCC. The molecule has 12 heteroatoms. The lowest BCUT2D eigenvalue weighted by Crippen LogP contribution is -2.61. The van der Waals surface area contributed by atoms with E-state index >= 15 is 0 Å². The summed E-state index contributed by atoms with van der Waals surface area (Å²) >= 11 is 0. The molecule has 0 amide bonds. The highest BCUT2D eigenvalue weighted by Gasteiger charge is 2.50. The van der Waals surface area contributed by atoms with Crippen LogP contribution < -0.4 is 0 Å². The van der Waals surface area contributed by atoms with Crippen LogP contribution in [-0.2, 0) is 42.9 Å². The Morgan fingerprint density at radius 2 is 0.818 bits per heavy atom. The Morgan fingerprint density at radius 1 is 0.442 bits per heavy atom. The molecule has 1 saturated heterocycles. The van der Waals surface area contributed by atoms with E-state index < -0.39 is 67.3 Å². The minimum Gasteiger partial charge on any atom is -0.479 e. The van der Waals surface area contributed by atoms with Crippen molar-refractivity contribution in [3.63, 3.8) is 0 Å². The van der Waals surface area contributed by atoms with Crippen LogP contribution in [0.5, 0.6) is 0 Å². The number of hydrogen-bond acceptors (Lipinski definition) is 11. The number of ether oxygens (including phenoxy) is 5. The number of rotatable bonds is 51. The van der Waals surface area contributed by atoms with Gasteiger partial charge in [-0.25, -0.2) is 4.79 Å². The summed E-state index contributed by atoms with van der Waals surface area (Å²) in [6.07, 6.45) is 55.5. The Morgan fingerprint density at radius 3 is 1.30 bits per heavy atom. The van der Waals surface area contributed by atoms with Crippen molar-refractivity contribution in [3.8, 4) is 0 Å². The number of aliphatic hydroxyl groups is 2. The molecular formula is C65H108O12. The van der Waals surface area contributed by atoms with Gasteiger partial charge in [0.2, 0.25) is 0 Å². The first-order valence-corrected chi connectivity index (χ1v) is 30.6. The summed E-state index contributed by atoms with van der Waals surface area (Å²) in [6.45, 7) is 5.81. The number of carbonyl (C=O) groups is 4. The van der Waals surface area contributed by atoms with Crippen molar-refractivity contribution in [1.82, 2.24) is 0 Å². The van der Waals surface area contributed by atoms with Crippen molar-refractivity contribution >= 4 is 23.9 Å². The van der Waals surface area contributed by atoms with Gasteiger partial charge in [0, 0.05) is 19.3 Å². The van der Waals surface area contributed by atoms with Crippen molar-refractivity contribution in [3.05, 3.63) is 85.1 Å². The number of unbranched alkanes of at least 4 members (excludes halogenated alkanes) is 23. The molecule has 1 aliphatic heterocycles. The van der Waals surface area contributed by atoms with Crippen LogP contribution in [0.1, 0.15) is 252 Å². The molecule has 1 fully saturated rings. The summed E-state index contributed by atoms with van der Waals surface area (Å²) < 4.78 is 28.4. The van der Waals surface area contributed by atoms with Gasteiger partial charge in [0.1, 0.15) is 18.8 Å². The molecule has 0 aliphatic carbocycles. The highest BCUT2D eigenvalue weighted by molar-refractivity contribution is 5.74. The van der Waals surface area contributed by atoms with Crippen molar-refractivity contribution < 1.29 is 58.2 Å². The Balaban J connectivity index is 2.71. The number of carbonyl (C=O) groups excluding carboxylic acids is 3. The zero-order valence-electron chi connectivity index (χ0n) is 48.4. The third kappa shape index (κ3) is 42.5. The minimum absolute atomic E-state index is 0.0540. The van der Waals surface area contributed by atoms with Crippen molar-refractivity contribution in [2.75, 3.05) is 13.2 Å². The Labute approximate surface area is 467 Å². The molecule has 0 bridgehead atoms. The van der Waals surface area contributed by atoms with E-state index in [2.05, 4.69) is 106 Å². The molecule has 6 unspecified atom stereocenters. The van der Waals surface area contributed by atoms with E-state index in [1.54, 1.807) is 0 Å². The lowest BCUT2D eigenvalue weighted by molar-refractivity contribution is -0.301. The van der Waals surface area contributed by atoms with Crippen LogP contribution in [0.3, 0.4) is 0 Å². The maximum absolute atomic E-state index is 13.1. The molecule has 77 heavy (non-hydrogen) atoms. The van der Waals surface area contributed by atoms with Crippen molar-refractivity contribution in [1.29, 1.82) is 0 Å². The number of aliphatic hydroxyl groups excluding tert-OH is 2. The van der Waals surface area contributed by atoms with Gasteiger partial charge in [0.15, 0.2) is 24.6 Å². The number of carboxylic acid groups (broad SMARTS) is 1. The molecule has 1 heterocycles. The highest BCUT2D eigenvalue weighted by Crippen LogP contribution is 2.26. The smallest absolute Gasteiger partial charge is 0.335 e. The number of hydrogen-bond donors (Lipinski definition) is 3. The topological polar surface area (TPSA) is 175 Å². The highest BCUT2D eigenvalue weighted by atomic mass is 16.7. The molecule has 0 aromatic rings. The minimum atomic E-state index is -1.91. The maximum Gasteiger partial charge on any atom is 0.335 e. The Bertz CT molecular complexity index is 1660. The number of aliphatic carboxylic acids is 1. The number of carboxylic acids is 1. The zero-order chi connectivity index (χ0) is 56.1. The third-order valence-corrected chi connectivity index (χ3v) is 13.5. The van der Waals surface area contributed by atoms with E-state index in [0.29, 0.717) is 19.3 Å². The van der Waals surface area contributed by atoms with Gasteiger partial charge in [0.05, 0.1) is 6.61 Å². The van der Waals surface area contributed by atoms with Gasteiger partial charge in [0.25, 0.3) is 0 Å². The van der Waals surface area contributed by atoms with Crippen LogP contribution >= 0.6 is 0 Å². The monoisotopic (exact) mass is 1080 g/mol. The van der Waals surface area contributed by atoms with Gasteiger partial charge in [-0.15, -0.1) is 0 Å². The normalized spacial score (nSPS) is 18.6. The molecule has 0 radical (unpaired) electrons. The van der Waals surface area contributed by atoms with E-state index in [9.17, 15) is 34.5 Å². The molecule has 0 aromatic heterocycles. The number of allylic oxidation sites excluding steroid dienone is 14. The molecule has 440 valence electrons. The summed E-state index contributed by atoms with van der Waals surface area (Å²) in [5.74, 6) is -3.19. The Kier molecular flexibility index (Phi) is 48.4. The van der Waals surface area contributed by atoms with E-state index in [1.807, 2.05) is 0 Å². The van der Waals surface area contributed by atoms with Crippen LogP contribution in [0.2, 0.25) is 0 Å². The second kappa shape index (κ2) is 52.6. The zero-order valence-corrected chi connectivity index (χ0v) is 48.4. The first-order chi connectivity index (χ1) is 37.6. The van der Waals surface area contributed by atoms with Gasteiger partial charge >= 0.3 is 23.9 Å². The first-order valence-electron chi connectivity index (χ1n) is 30.6. The summed E-state index contributed by atoms with van der Waals surface area (Å²) in [5, 5.41) is 31.5. The summed E-state index contributed by atoms with van der Waals surface area (Å²) in [6, 6.07) is 0. The van der Waals surface area contributed by atoms with E-state index in [1.165, 1.54) is 77.0 Å². The lowest BCUT2D eigenvalue weighted by atomic mass is 9.98. The third-order valence-electron chi connectivity index (χ3n) is 13.5. The Hall–Kier alpha value is -4.10. The van der Waals surface area contributed by atoms with Gasteiger partial charge in [-0.2, -0.15) is 0 Å². The average Bonchev–Trinajstić information content (AvgIpc) is 3.41. The van der Waals surface area contributed by atoms with Crippen LogP contribution in [-0.4, -0.2) is 89.2 Å². The molecule has 0 spiro atoms. The van der Waals surface area contributed by atoms with Crippen molar-refractivity contribution in [2.45, 2.75) is 289 Å². The summed E-state index contributed by atoms with van der Waals surface area (Å²) in [5.41, 5.74) is 0. The predicted octanol–water partition coefficient (Wildman–Crippen LogP) is 15.9. The van der Waals surface area contributed by atoms with Crippen molar-refractivity contribution in [2.24, 2.45) is 0 Å². The second-order valence-electron chi connectivity index (χ2n) is 20.6. The van der Waals surface area contributed by atoms with Gasteiger partial charge < -0.3 is 39.0 Å². The summed E-state index contributed by atoms with van der Waals surface area (Å²) in [7, 11) is 0. The lowest BCUT2D eigenvalue weighted by Gasteiger charge is -2.40.